The number of benzene rings is 2. The van der Waals surface area contributed by atoms with Crippen molar-refractivity contribution < 1.29 is 19.0 Å². The van der Waals surface area contributed by atoms with E-state index in [9.17, 15) is 9.18 Å². The van der Waals surface area contributed by atoms with Crippen molar-refractivity contribution in [2.45, 2.75) is 13.5 Å². The Bertz CT molecular complexity index is 591. The number of carboxylic acids is 1. The number of rotatable bonds is 4. The fourth-order valence-electron chi connectivity index (χ4n) is 1.65. The van der Waals surface area contributed by atoms with E-state index in [0.29, 0.717) is 5.75 Å². The van der Waals surface area contributed by atoms with Crippen LogP contribution in [-0.4, -0.2) is 11.1 Å². The molecule has 0 aromatic heterocycles. The lowest BCUT2D eigenvalue weighted by Crippen LogP contribution is -2.05. The van der Waals surface area contributed by atoms with Crippen molar-refractivity contribution in [1.82, 2.24) is 0 Å². The molecule has 0 atom stereocenters. The van der Waals surface area contributed by atoms with Crippen molar-refractivity contribution in [2.75, 3.05) is 0 Å². The van der Waals surface area contributed by atoms with Gasteiger partial charge in [0, 0.05) is 5.56 Å². The summed E-state index contributed by atoms with van der Waals surface area (Å²) in [5, 5.41) is 8.83. The maximum atomic E-state index is 13.8. The summed E-state index contributed by atoms with van der Waals surface area (Å²) in [4.78, 5) is 10.8. The van der Waals surface area contributed by atoms with Gasteiger partial charge in [0.2, 0.25) is 0 Å². The Hall–Kier alpha value is -2.36. The highest BCUT2D eigenvalue weighted by atomic mass is 19.1. The van der Waals surface area contributed by atoms with Crippen LogP contribution in [0, 0.1) is 12.7 Å². The highest BCUT2D eigenvalue weighted by Gasteiger charge is 2.13. The van der Waals surface area contributed by atoms with E-state index in [1.807, 2.05) is 19.1 Å². The fourth-order valence-corrected chi connectivity index (χ4v) is 1.65. The summed E-state index contributed by atoms with van der Waals surface area (Å²) in [6.07, 6.45) is 0. The van der Waals surface area contributed by atoms with Gasteiger partial charge in [0.15, 0.2) is 0 Å². The van der Waals surface area contributed by atoms with Crippen molar-refractivity contribution >= 4 is 5.97 Å². The molecular weight excluding hydrogens is 247 g/mol. The fraction of sp³-hybridized carbons (Fsp3) is 0.133. The lowest BCUT2D eigenvalue weighted by atomic mass is 10.1. The van der Waals surface area contributed by atoms with Gasteiger partial charge in [-0.15, -0.1) is 0 Å². The molecule has 0 saturated carbocycles. The molecule has 2 aromatic rings. The normalized spacial score (nSPS) is 10.2. The first-order valence-corrected chi connectivity index (χ1v) is 5.78. The largest absolute Gasteiger partial charge is 0.489 e. The van der Waals surface area contributed by atoms with Crippen molar-refractivity contribution in [1.29, 1.82) is 0 Å². The molecular formula is C15H13FO3. The summed E-state index contributed by atoms with van der Waals surface area (Å²) < 4.78 is 19.3. The molecule has 0 saturated heterocycles. The highest BCUT2D eigenvalue weighted by molar-refractivity contribution is 5.88. The van der Waals surface area contributed by atoms with Crippen LogP contribution in [0.2, 0.25) is 0 Å². The molecule has 0 spiro atoms. The first kappa shape index (κ1) is 13.1. The molecule has 0 unspecified atom stereocenters. The smallest absolute Gasteiger partial charge is 0.338 e. The molecule has 0 aliphatic carbocycles. The number of halogens is 1. The third-order valence-corrected chi connectivity index (χ3v) is 2.72. The summed E-state index contributed by atoms with van der Waals surface area (Å²) in [6.45, 7) is 1.95. The summed E-state index contributed by atoms with van der Waals surface area (Å²) in [6, 6.07) is 11.6. The van der Waals surface area contributed by atoms with E-state index in [4.69, 9.17) is 9.84 Å². The Morgan fingerprint density at radius 3 is 2.53 bits per heavy atom. The van der Waals surface area contributed by atoms with Gasteiger partial charge in [-0.3, -0.25) is 0 Å². The van der Waals surface area contributed by atoms with Crippen LogP contribution in [0.4, 0.5) is 4.39 Å². The number of aromatic carboxylic acids is 1. The molecule has 0 bridgehead atoms. The van der Waals surface area contributed by atoms with Gasteiger partial charge in [-0.25, -0.2) is 9.18 Å². The van der Waals surface area contributed by atoms with Gasteiger partial charge < -0.3 is 9.84 Å². The van der Waals surface area contributed by atoms with Gasteiger partial charge in [-0.2, -0.15) is 0 Å². The third kappa shape index (κ3) is 3.10. The van der Waals surface area contributed by atoms with Crippen LogP contribution in [0.25, 0.3) is 0 Å². The van der Waals surface area contributed by atoms with Crippen LogP contribution in [0.3, 0.4) is 0 Å². The Kier molecular flexibility index (Phi) is 3.80. The quantitative estimate of drug-likeness (QED) is 0.916. The van der Waals surface area contributed by atoms with Crippen LogP contribution < -0.4 is 4.74 Å². The molecule has 0 amide bonds. The SMILES string of the molecule is Cc1ccc(OCc2cccc(C(=O)O)c2F)cc1. The number of hydrogen-bond donors (Lipinski definition) is 1. The maximum absolute atomic E-state index is 13.8. The van der Waals surface area contributed by atoms with Gasteiger partial charge in [0.05, 0.1) is 5.56 Å². The highest BCUT2D eigenvalue weighted by Crippen LogP contribution is 2.17. The van der Waals surface area contributed by atoms with Crippen LogP contribution in [0.5, 0.6) is 5.75 Å². The predicted octanol–water partition coefficient (Wildman–Crippen LogP) is 3.41. The van der Waals surface area contributed by atoms with Gasteiger partial charge in [0.1, 0.15) is 18.2 Å². The molecule has 3 nitrogen and oxygen atoms in total. The average Bonchev–Trinajstić information content (AvgIpc) is 2.39. The average molecular weight is 260 g/mol. The van der Waals surface area contributed by atoms with Gasteiger partial charge in [0.25, 0.3) is 0 Å². The summed E-state index contributed by atoms with van der Waals surface area (Å²) in [7, 11) is 0. The van der Waals surface area contributed by atoms with E-state index < -0.39 is 11.8 Å². The Labute approximate surface area is 110 Å². The topological polar surface area (TPSA) is 46.5 Å². The molecule has 2 aromatic carbocycles. The lowest BCUT2D eigenvalue weighted by Gasteiger charge is -2.08. The van der Waals surface area contributed by atoms with Crippen LogP contribution in [-0.2, 0) is 6.61 Å². The zero-order chi connectivity index (χ0) is 13.8. The Morgan fingerprint density at radius 1 is 1.21 bits per heavy atom. The molecule has 0 radical (unpaired) electrons. The first-order valence-electron chi connectivity index (χ1n) is 5.78. The molecule has 19 heavy (non-hydrogen) atoms. The number of carbonyl (C=O) groups is 1. The van der Waals surface area contributed by atoms with E-state index in [1.54, 1.807) is 12.1 Å². The van der Waals surface area contributed by atoms with Crippen LogP contribution in [0.1, 0.15) is 21.5 Å². The summed E-state index contributed by atoms with van der Waals surface area (Å²) in [5.74, 6) is -1.41. The van der Waals surface area contributed by atoms with E-state index in [2.05, 4.69) is 0 Å². The zero-order valence-electron chi connectivity index (χ0n) is 10.4. The third-order valence-electron chi connectivity index (χ3n) is 2.72. The maximum Gasteiger partial charge on any atom is 0.338 e. The molecule has 1 N–H and O–H groups in total. The van der Waals surface area contributed by atoms with Crippen LogP contribution in [0.15, 0.2) is 42.5 Å². The van der Waals surface area contributed by atoms with Gasteiger partial charge in [-0.05, 0) is 25.1 Å². The predicted molar refractivity (Wildman–Crippen MR) is 68.9 cm³/mol. The summed E-state index contributed by atoms with van der Waals surface area (Å²) in [5.41, 5.74) is 0.983. The minimum absolute atomic E-state index is 0.00395. The van der Waals surface area contributed by atoms with Crippen LogP contribution >= 0.6 is 0 Å². The number of ether oxygens (including phenoxy) is 1. The van der Waals surface area contributed by atoms with E-state index >= 15 is 0 Å². The molecule has 0 fully saturated rings. The minimum Gasteiger partial charge on any atom is -0.489 e. The second kappa shape index (κ2) is 5.52. The van der Waals surface area contributed by atoms with Crippen molar-refractivity contribution in [3.05, 3.63) is 65.0 Å². The standard InChI is InChI=1S/C15H13FO3/c1-10-5-7-12(8-6-10)19-9-11-3-2-4-13(14(11)16)15(17)18/h2-8H,9H2,1H3,(H,17,18). The number of carboxylic acid groups (broad SMARTS) is 1. The number of aryl methyl sites for hydroxylation is 1. The number of hydrogen-bond acceptors (Lipinski definition) is 2. The van der Waals surface area contributed by atoms with Gasteiger partial charge in [-0.1, -0.05) is 29.8 Å². The monoisotopic (exact) mass is 260 g/mol. The minimum atomic E-state index is -1.28. The molecule has 98 valence electrons. The van der Waals surface area contributed by atoms with Crippen molar-refractivity contribution in [3.63, 3.8) is 0 Å². The molecule has 0 heterocycles. The summed E-state index contributed by atoms with van der Waals surface area (Å²) >= 11 is 0. The zero-order valence-corrected chi connectivity index (χ0v) is 10.4. The lowest BCUT2D eigenvalue weighted by molar-refractivity contribution is 0.0691. The van der Waals surface area contributed by atoms with Crippen molar-refractivity contribution in [2.24, 2.45) is 0 Å². The second-order valence-electron chi connectivity index (χ2n) is 4.19. The Balaban J connectivity index is 2.13. The molecule has 2 rings (SSSR count). The first-order chi connectivity index (χ1) is 9.08. The van der Waals surface area contributed by atoms with E-state index in [0.717, 1.165) is 5.56 Å². The second-order valence-corrected chi connectivity index (χ2v) is 4.19. The van der Waals surface area contributed by atoms with E-state index in [-0.39, 0.29) is 17.7 Å². The van der Waals surface area contributed by atoms with Gasteiger partial charge >= 0.3 is 5.97 Å². The Morgan fingerprint density at radius 2 is 1.89 bits per heavy atom. The molecule has 0 aliphatic rings. The molecule has 4 heteroatoms. The molecule has 0 aliphatic heterocycles. The van der Waals surface area contributed by atoms with E-state index in [1.165, 1.54) is 18.2 Å². The van der Waals surface area contributed by atoms with Crippen molar-refractivity contribution in [3.8, 4) is 5.75 Å².